The molecule has 0 radical (unpaired) electrons. The summed E-state index contributed by atoms with van der Waals surface area (Å²) in [5.74, 6) is 0.627. The maximum atomic E-state index is 12.0. The van der Waals surface area contributed by atoms with Crippen LogP contribution in [0.1, 0.15) is 25.3 Å². The smallest absolute Gasteiger partial charge is 0.264 e. The standard InChI is InChI=1S/C18H18Cl2N2O2S/c1-11(2)13-5-3-4-6-16(13)24-10-17(23)22-18(25)21-15-8-7-12(19)9-14(15)20/h3-9,11H,10H2,1-2H3,(H2,21,22,23,25). The molecule has 0 spiro atoms. The van der Waals surface area contributed by atoms with E-state index in [-0.39, 0.29) is 17.6 Å². The highest BCUT2D eigenvalue weighted by atomic mass is 35.5. The topological polar surface area (TPSA) is 50.4 Å². The lowest BCUT2D eigenvalue weighted by molar-refractivity contribution is -0.121. The summed E-state index contributed by atoms with van der Waals surface area (Å²) in [4.78, 5) is 12.0. The van der Waals surface area contributed by atoms with Crippen molar-refractivity contribution in [1.82, 2.24) is 5.32 Å². The number of anilines is 1. The largest absolute Gasteiger partial charge is 0.483 e. The molecule has 2 aromatic carbocycles. The van der Waals surface area contributed by atoms with Crippen LogP contribution in [0.3, 0.4) is 0 Å². The van der Waals surface area contributed by atoms with E-state index in [1.54, 1.807) is 18.2 Å². The van der Waals surface area contributed by atoms with Crippen LogP contribution in [-0.2, 0) is 4.79 Å². The second-order valence-electron chi connectivity index (χ2n) is 5.61. The third kappa shape index (κ3) is 5.88. The molecule has 0 aromatic heterocycles. The molecule has 4 nitrogen and oxygen atoms in total. The average molecular weight is 397 g/mol. The molecule has 0 aliphatic rings. The fourth-order valence-electron chi connectivity index (χ4n) is 2.14. The van der Waals surface area contributed by atoms with E-state index in [0.717, 1.165) is 5.56 Å². The van der Waals surface area contributed by atoms with Gasteiger partial charge in [0.1, 0.15) is 5.75 Å². The number of amides is 1. The first-order valence-electron chi connectivity index (χ1n) is 7.64. The number of thiocarbonyl (C=S) groups is 1. The van der Waals surface area contributed by atoms with Crippen molar-refractivity contribution < 1.29 is 9.53 Å². The summed E-state index contributed by atoms with van der Waals surface area (Å²) < 4.78 is 5.61. The van der Waals surface area contributed by atoms with Crippen LogP contribution in [-0.4, -0.2) is 17.6 Å². The van der Waals surface area contributed by atoms with Crippen molar-refractivity contribution in [3.05, 3.63) is 58.1 Å². The minimum atomic E-state index is -0.360. The molecule has 0 aliphatic carbocycles. The minimum absolute atomic E-state index is 0.134. The van der Waals surface area contributed by atoms with Crippen molar-refractivity contribution in [2.75, 3.05) is 11.9 Å². The molecule has 2 N–H and O–H groups in total. The zero-order valence-corrected chi connectivity index (χ0v) is 16.1. The third-order valence-electron chi connectivity index (χ3n) is 3.33. The van der Waals surface area contributed by atoms with E-state index in [9.17, 15) is 4.79 Å². The van der Waals surface area contributed by atoms with Crippen LogP contribution >= 0.6 is 35.4 Å². The van der Waals surface area contributed by atoms with Crippen LogP contribution in [0.2, 0.25) is 10.0 Å². The molecule has 7 heteroatoms. The van der Waals surface area contributed by atoms with Gasteiger partial charge in [-0.2, -0.15) is 0 Å². The highest BCUT2D eigenvalue weighted by molar-refractivity contribution is 7.80. The Bertz CT molecular complexity index is 781. The van der Waals surface area contributed by atoms with Gasteiger partial charge in [-0.25, -0.2) is 0 Å². The number of hydrogen-bond donors (Lipinski definition) is 2. The summed E-state index contributed by atoms with van der Waals surface area (Å²) in [6.07, 6.45) is 0. The van der Waals surface area contributed by atoms with Crippen molar-refractivity contribution in [3.63, 3.8) is 0 Å². The summed E-state index contributed by atoms with van der Waals surface area (Å²) in [5.41, 5.74) is 1.60. The molecule has 0 aliphatic heterocycles. The number of hydrogen-bond acceptors (Lipinski definition) is 3. The lowest BCUT2D eigenvalue weighted by Crippen LogP contribution is -2.37. The predicted octanol–water partition coefficient (Wildman–Crippen LogP) is 5.01. The van der Waals surface area contributed by atoms with Crippen LogP contribution in [0.15, 0.2) is 42.5 Å². The number of carbonyl (C=O) groups excluding carboxylic acids is 1. The van der Waals surface area contributed by atoms with Gasteiger partial charge in [-0.3, -0.25) is 10.1 Å². The summed E-state index contributed by atoms with van der Waals surface area (Å²) in [5, 5.41) is 6.46. The maximum absolute atomic E-state index is 12.0. The Morgan fingerprint density at radius 1 is 1.20 bits per heavy atom. The van der Waals surface area contributed by atoms with Crippen molar-refractivity contribution >= 4 is 52.1 Å². The molecule has 0 saturated carbocycles. The van der Waals surface area contributed by atoms with Crippen molar-refractivity contribution in [3.8, 4) is 5.75 Å². The van der Waals surface area contributed by atoms with Crippen molar-refractivity contribution in [2.24, 2.45) is 0 Å². The second-order valence-corrected chi connectivity index (χ2v) is 6.86. The normalized spacial score (nSPS) is 10.4. The Balaban J connectivity index is 1.89. The molecule has 25 heavy (non-hydrogen) atoms. The third-order valence-corrected chi connectivity index (χ3v) is 4.08. The van der Waals surface area contributed by atoms with Crippen LogP contribution < -0.4 is 15.4 Å². The Morgan fingerprint density at radius 2 is 1.92 bits per heavy atom. The van der Waals surface area contributed by atoms with Gasteiger partial charge in [-0.05, 0) is 48.0 Å². The van der Waals surface area contributed by atoms with Crippen molar-refractivity contribution in [1.29, 1.82) is 0 Å². The number of para-hydroxylation sites is 1. The molecular weight excluding hydrogens is 379 g/mol. The van der Waals surface area contributed by atoms with E-state index >= 15 is 0 Å². The molecule has 0 fully saturated rings. The molecule has 0 bridgehead atoms. The van der Waals surface area contributed by atoms with Gasteiger partial charge in [0.2, 0.25) is 0 Å². The molecule has 2 aromatic rings. The monoisotopic (exact) mass is 396 g/mol. The van der Waals surface area contributed by atoms with E-state index < -0.39 is 0 Å². The van der Waals surface area contributed by atoms with E-state index in [2.05, 4.69) is 24.5 Å². The van der Waals surface area contributed by atoms with E-state index in [1.807, 2.05) is 24.3 Å². The first-order chi connectivity index (χ1) is 11.9. The highest BCUT2D eigenvalue weighted by Crippen LogP contribution is 2.26. The van der Waals surface area contributed by atoms with Gasteiger partial charge >= 0.3 is 0 Å². The number of halogens is 2. The van der Waals surface area contributed by atoms with Gasteiger partial charge in [0, 0.05) is 5.02 Å². The van der Waals surface area contributed by atoms with Crippen LogP contribution in [0.4, 0.5) is 5.69 Å². The Morgan fingerprint density at radius 3 is 2.60 bits per heavy atom. The summed E-state index contributed by atoms with van der Waals surface area (Å²) >= 11 is 17.0. The van der Waals surface area contributed by atoms with E-state index in [4.69, 9.17) is 40.2 Å². The number of ether oxygens (including phenoxy) is 1. The van der Waals surface area contributed by atoms with Gasteiger partial charge in [0.15, 0.2) is 11.7 Å². The maximum Gasteiger partial charge on any atom is 0.264 e. The number of carbonyl (C=O) groups is 1. The molecule has 0 saturated heterocycles. The molecule has 0 atom stereocenters. The summed E-state index contributed by atoms with van der Waals surface area (Å²) in [6, 6.07) is 12.6. The minimum Gasteiger partial charge on any atom is -0.483 e. The number of rotatable bonds is 5. The first kappa shape index (κ1) is 19.5. The molecule has 2 rings (SSSR count). The molecular formula is C18H18Cl2N2O2S. The van der Waals surface area contributed by atoms with Crippen LogP contribution in [0.25, 0.3) is 0 Å². The summed E-state index contributed by atoms with van der Waals surface area (Å²) in [7, 11) is 0. The fraction of sp³-hybridized carbons (Fsp3) is 0.222. The van der Waals surface area contributed by atoms with Gasteiger partial charge in [0.05, 0.1) is 10.7 Å². The van der Waals surface area contributed by atoms with Crippen molar-refractivity contribution in [2.45, 2.75) is 19.8 Å². The Labute approximate surface area is 162 Å². The van der Waals surface area contributed by atoms with Gasteiger partial charge < -0.3 is 10.1 Å². The molecule has 0 heterocycles. The molecule has 132 valence electrons. The van der Waals surface area contributed by atoms with Gasteiger partial charge in [-0.15, -0.1) is 0 Å². The zero-order valence-electron chi connectivity index (χ0n) is 13.8. The van der Waals surface area contributed by atoms with Crippen LogP contribution in [0, 0.1) is 0 Å². The second kappa shape index (κ2) is 9.04. The predicted molar refractivity (Wildman–Crippen MR) is 107 cm³/mol. The van der Waals surface area contributed by atoms with E-state index in [1.165, 1.54) is 0 Å². The Kier molecular flexibility index (Phi) is 7.05. The summed E-state index contributed by atoms with van der Waals surface area (Å²) in [6.45, 7) is 3.99. The van der Waals surface area contributed by atoms with Crippen LogP contribution in [0.5, 0.6) is 5.75 Å². The Hall–Kier alpha value is -1.82. The molecule has 1 amide bonds. The number of nitrogens with one attached hydrogen (secondary N) is 2. The van der Waals surface area contributed by atoms with Gasteiger partial charge in [0.25, 0.3) is 5.91 Å². The molecule has 0 unspecified atom stereocenters. The average Bonchev–Trinajstić information content (AvgIpc) is 2.55. The highest BCUT2D eigenvalue weighted by Gasteiger charge is 2.11. The first-order valence-corrected chi connectivity index (χ1v) is 8.81. The lowest BCUT2D eigenvalue weighted by Gasteiger charge is -2.14. The fourth-order valence-corrected chi connectivity index (χ4v) is 2.82. The quantitative estimate of drug-likeness (QED) is 0.697. The van der Waals surface area contributed by atoms with E-state index in [0.29, 0.717) is 27.4 Å². The SMILES string of the molecule is CC(C)c1ccccc1OCC(=O)NC(=S)Nc1ccc(Cl)cc1Cl. The zero-order chi connectivity index (χ0) is 18.4. The van der Waals surface area contributed by atoms with Gasteiger partial charge in [-0.1, -0.05) is 55.2 Å². The number of benzene rings is 2. The lowest BCUT2D eigenvalue weighted by atomic mass is 10.0.